The van der Waals surface area contributed by atoms with E-state index in [-0.39, 0.29) is 5.41 Å². The maximum Gasteiger partial charge on any atom is 0.150 e. The highest BCUT2D eigenvalue weighted by Crippen LogP contribution is 2.48. The predicted octanol–water partition coefficient (Wildman–Crippen LogP) is 3.62. The maximum absolute atomic E-state index is 10.9. The standard InChI is InChI=1S/C17H14O2/c1-17(2)15-7-11(9-18)3-5-13(15)14-6-4-12(10-19)8-16(14)17/h3-10H,1-2H3. The first kappa shape index (κ1) is 11.8. The van der Waals surface area contributed by atoms with Crippen LogP contribution in [0.2, 0.25) is 0 Å². The zero-order valence-electron chi connectivity index (χ0n) is 10.9. The monoisotopic (exact) mass is 250 g/mol. The van der Waals surface area contributed by atoms with E-state index in [1.165, 1.54) is 0 Å². The number of hydrogen-bond acceptors (Lipinski definition) is 2. The van der Waals surface area contributed by atoms with Crippen molar-refractivity contribution in [3.05, 3.63) is 58.7 Å². The molecule has 0 heterocycles. The predicted molar refractivity (Wildman–Crippen MR) is 74.8 cm³/mol. The molecule has 0 fully saturated rings. The number of benzene rings is 2. The first-order valence-electron chi connectivity index (χ1n) is 6.27. The smallest absolute Gasteiger partial charge is 0.150 e. The van der Waals surface area contributed by atoms with E-state index < -0.39 is 0 Å². The Morgan fingerprint density at radius 3 is 1.58 bits per heavy atom. The molecule has 0 bridgehead atoms. The van der Waals surface area contributed by atoms with Crippen LogP contribution in [0, 0.1) is 0 Å². The fraction of sp³-hybridized carbons (Fsp3) is 0.176. The molecule has 0 unspecified atom stereocenters. The van der Waals surface area contributed by atoms with Gasteiger partial charge >= 0.3 is 0 Å². The summed E-state index contributed by atoms with van der Waals surface area (Å²) in [6.45, 7) is 4.25. The molecule has 0 aromatic heterocycles. The second-order valence-corrected chi connectivity index (χ2v) is 5.47. The van der Waals surface area contributed by atoms with Crippen LogP contribution in [0.3, 0.4) is 0 Å². The van der Waals surface area contributed by atoms with Gasteiger partial charge in [0.25, 0.3) is 0 Å². The Morgan fingerprint density at radius 2 is 1.21 bits per heavy atom. The van der Waals surface area contributed by atoms with Crippen molar-refractivity contribution in [2.75, 3.05) is 0 Å². The molecule has 1 aliphatic rings. The third kappa shape index (κ3) is 1.56. The second kappa shape index (κ2) is 3.89. The minimum atomic E-state index is -0.178. The van der Waals surface area contributed by atoms with Crippen LogP contribution < -0.4 is 0 Å². The minimum absolute atomic E-state index is 0.178. The molecule has 2 heteroatoms. The Labute approximate surface area is 112 Å². The molecule has 0 radical (unpaired) electrons. The van der Waals surface area contributed by atoms with Gasteiger partial charge < -0.3 is 0 Å². The van der Waals surface area contributed by atoms with Crippen LogP contribution >= 0.6 is 0 Å². The molecule has 0 saturated heterocycles. The van der Waals surface area contributed by atoms with Crippen LogP contribution in [-0.4, -0.2) is 12.6 Å². The Morgan fingerprint density at radius 1 is 0.789 bits per heavy atom. The van der Waals surface area contributed by atoms with Crippen LogP contribution in [0.5, 0.6) is 0 Å². The first-order chi connectivity index (χ1) is 9.07. The molecular weight excluding hydrogens is 236 g/mol. The summed E-state index contributed by atoms with van der Waals surface area (Å²) in [7, 11) is 0. The van der Waals surface area contributed by atoms with Crippen molar-refractivity contribution in [2.24, 2.45) is 0 Å². The van der Waals surface area contributed by atoms with Crippen LogP contribution in [0.1, 0.15) is 45.7 Å². The highest BCUT2D eigenvalue weighted by molar-refractivity contribution is 5.87. The minimum Gasteiger partial charge on any atom is -0.298 e. The molecule has 1 aliphatic carbocycles. The van der Waals surface area contributed by atoms with E-state index in [2.05, 4.69) is 13.8 Å². The fourth-order valence-electron chi connectivity index (χ4n) is 2.92. The number of fused-ring (bicyclic) bond motifs is 3. The number of carbonyl (C=O) groups excluding carboxylic acids is 2. The van der Waals surface area contributed by atoms with Crippen LogP contribution in [0.4, 0.5) is 0 Å². The molecule has 2 aromatic rings. The number of hydrogen-bond donors (Lipinski definition) is 0. The highest BCUT2D eigenvalue weighted by atomic mass is 16.1. The van der Waals surface area contributed by atoms with Gasteiger partial charge in [-0.25, -0.2) is 0 Å². The Hall–Kier alpha value is -2.22. The summed E-state index contributed by atoms with van der Waals surface area (Å²) >= 11 is 0. The summed E-state index contributed by atoms with van der Waals surface area (Å²) < 4.78 is 0. The molecule has 2 nitrogen and oxygen atoms in total. The van der Waals surface area contributed by atoms with Gasteiger partial charge in [-0.2, -0.15) is 0 Å². The molecule has 3 rings (SSSR count). The topological polar surface area (TPSA) is 34.1 Å². The molecule has 0 spiro atoms. The molecule has 94 valence electrons. The van der Waals surface area contributed by atoms with Gasteiger partial charge in [-0.15, -0.1) is 0 Å². The van der Waals surface area contributed by atoms with E-state index in [1.54, 1.807) is 0 Å². The van der Waals surface area contributed by atoms with E-state index in [1.807, 2.05) is 36.4 Å². The summed E-state index contributed by atoms with van der Waals surface area (Å²) in [4.78, 5) is 21.9. The third-order valence-corrected chi connectivity index (χ3v) is 4.00. The third-order valence-electron chi connectivity index (χ3n) is 4.00. The summed E-state index contributed by atoms with van der Waals surface area (Å²) in [6.07, 6.45) is 1.74. The Balaban J connectivity index is 2.31. The van der Waals surface area contributed by atoms with Gasteiger partial charge in [-0.3, -0.25) is 9.59 Å². The van der Waals surface area contributed by atoms with Crippen molar-refractivity contribution >= 4 is 12.6 Å². The first-order valence-corrected chi connectivity index (χ1v) is 6.27. The van der Waals surface area contributed by atoms with E-state index in [4.69, 9.17) is 0 Å². The summed E-state index contributed by atoms with van der Waals surface area (Å²) in [5.41, 5.74) is 5.81. The summed E-state index contributed by atoms with van der Waals surface area (Å²) in [5.74, 6) is 0. The van der Waals surface area contributed by atoms with Gasteiger partial charge in [0.1, 0.15) is 12.6 Å². The SMILES string of the molecule is CC1(C)c2cc(C=O)ccc2-c2ccc(C=O)cc21. The van der Waals surface area contributed by atoms with Gasteiger partial charge in [-0.1, -0.05) is 38.1 Å². The maximum atomic E-state index is 10.9. The molecule has 2 aromatic carbocycles. The van der Waals surface area contributed by atoms with Crippen LogP contribution in [0.25, 0.3) is 11.1 Å². The van der Waals surface area contributed by atoms with Gasteiger partial charge in [0.2, 0.25) is 0 Å². The lowest BCUT2D eigenvalue weighted by atomic mass is 9.81. The average molecular weight is 250 g/mol. The van der Waals surface area contributed by atoms with Gasteiger partial charge in [0, 0.05) is 16.5 Å². The van der Waals surface area contributed by atoms with Crippen molar-refractivity contribution in [1.82, 2.24) is 0 Å². The lowest BCUT2D eigenvalue weighted by molar-refractivity contribution is 0.111. The second-order valence-electron chi connectivity index (χ2n) is 5.47. The van der Waals surface area contributed by atoms with Crippen molar-refractivity contribution in [3.8, 4) is 11.1 Å². The molecule has 0 saturated carbocycles. The lowest BCUT2D eigenvalue weighted by Gasteiger charge is -2.21. The van der Waals surface area contributed by atoms with Crippen molar-refractivity contribution in [2.45, 2.75) is 19.3 Å². The Kier molecular flexibility index (Phi) is 2.42. The Bertz CT molecular complexity index is 637. The summed E-state index contributed by atoms with van der Waals surface area (Å²) in [5, 5.41) is 0. The molecule has 0 atom stereocenters. The highest BCUT2D eigenvalue weighted by Gasteiger charge is 2.35. The molecule has 0 amide bonds. The van der Waals surface area contributed by atoms with E-state index in [9.17, 15) is 9.59 Å². The lowest BCUT2D eigenvalue weighted by Crippen LogP contribution is -2.15. The average Bonchev–Trinajstić information content (AvgIpc) is 2.67. The summed E-state index contributed by atoms with van der Waals surface area (Å²) in [6, 6.07) is 11.6. The van der Waals surface area contributed by atoms with E-state index in [0.29, 0.717) is 11.1 Å². The van der Waals surface area contributed by atoms with Gasteiger partial charge in [0.15, 0.2) is 0 Å². The zero-order valence-corrected chi connectivity index (χ0v) is 10.9. The van der Waals surface area contributed by atoms with Gasteiger partial charge in [-0.05, 0) is 34.4 Å². The number of carbonyl (C=O) groups is 2. The van der Waals surface area contributed by atoms with E-state index in [0.717, 1.165) is 34.8 Å². The van der Waals surface area contributed by atoms with Crippen molar-refractivity contribution in [1.29, 1.82) is 0 Å². The largest absolute Gasteiger partial charge is 0.298 e. The zero-order chi connectivity index (χ0) is 13.6. The molecule has 0 N–H and O–H groups in total. The van der Waals surface area contributed by atoms with Crippen LogP contribution in [-0.2, 0) is 5.41 Å². The number of rotatable bonds is 2. The van der Waals surface area contributed by atoms with Crippen molar-refractivity contribution in [3.63, 3.8) is 0 Å². The van der Waals surface area contributed by atoms with Crippen LogP contribution in [0.15, 0.2) is 36.4 Å². The molecule has 19 heavy (non-hydrogen) atoms. The molecular formula is C17H14O2. The molecule has 0 aliphatic heterocycles. The van der Waals surface area contributed by atoms with Crippen molar-refractivity contribution < 1.29 is 9.59 Å². The fourth-order valence-corrected chi connectivity index (χ4v) is 2.92. The van der Waals surface area contributed by atoms with Gasteiger partial charge in [0.05, 0.1) is 0 Å². The normalized spacial score (nSPS) is 14.6. The van der Waals surface area contributed by atoms with E-state index >= 15 is 0 Å². The quantitative estimate of drug-likeness (QED) is 0.763. The number of aldehydes is 2.